The van der Waals surface area contributed by atoms with Crippen LogP contribution in [0.4, 0.5) is 5.82 Å². The molecule has 0 radical (unpaired) electrons. The van der Waals surface area contributed by atoms with Gasteiger partial charge in [-0.25, -0.2) is 4.98 Å². The number of ether oxygens (including phenoxy) is 1. The number of benzene rings is 2. The van der Waals surface area contributed by atoms with Crippen molar-refractivity contribution >= 4 is 34.5 Å². The third-order valence-electron chi connectivity index (χ3n) is 4.46. The van der Waals surface area contributed by atoms with Crippen LogP contribution in [0.2, 0.25) is 0 Å². The third kappa shape index (κ3) is 3.97. The molecular formula is C21H21N5O2S. The third-order valence-corrected chi connectivity index (χ3v) is 5.40. The van der Waals surface area contributed by atoms with Gasteiger partial charge in [0.05, 0.1) is 29.6 Å². The minimum absolute atomic E-state index is 0.105. The monoisotopic (exact) mass is 407 g/mol. The summed E-state index contributed by atoms with van der Waals surface area (Å²) in [6.07, 6.45) is 0. The van der Waals surface area contributed by atoms with Crippen LogP contribution in [0.25, 0.3) is 16.7 Å². The summed E-state index contributed by atoms with van der Waals surface area (Å²) in [5.74, 6) is 1.60. The number of hydrogen-bond acceptors (Lipinski definition) is 5. The van der Waals surface area contributed by atoms with Gasteiger partial charge in [-0.3, -0.25) is 14.0 Å². The second-order valence-electron chi connectivity index (χ2n) is 6.55. The zero-order valence-electron chi connectivity index (χ0n) is 16.4. The Morgan fingerprint density at radius 1 is 1.17 bits per heavy atom. The Bertz CT molecular complexity index is 1160. The zero-order valence-corrected chi connectivity index (χ0v) is 17.2. The standard InChI is InChI=1S/C21H21N5O2S/c1-14-12-19(25(2)24-14)23-20(27)13-29-21-22-17-6-4-5-7-18(17)26(21)15-8-10-16(28-3)11-9-15/h4-12H,13H2,1-3H3,(H,23,27). The number of anilines is 1. The molecule has 0 aliphatic rings. The molecule has 4 aromatic rings. The van der Waals surface area contributed by atoms with Gasteiger partial charge in [0, 0.05) is 18.8 Å². The summed E-state index contributed by atoms with van der Waals surface area (Å²) in [5.41, 5.74) is 3.69. The molecule has 0 saturated carbocycles. The molecule has 1 amide bonds. The topological polar surface area (TPSA) is 74.0 Å². The smallest absolute Gasteiger partial charge is 0.235 e. The summed E-state index contributed by atoms with van der Waals surface area (Å²) in [4.78, 5) is 17.2. The molecule has 148 valence electrons. The molecular weight excluding hydrogens is 386 g/mol. The Kier molecular flexibility index (Phi) is 5.26. The molecule has 2 aromatic heterocycles. The molecule has 7 nitrogen and oxygen atoms in total. The van der Waals surface area contributed by atoms with E-state index in [4.69, 9.17) is 9.72 Å². The van der Waals surface area contributed by atoms with Gasteiger partial charge >= 0.3 is 0 Å². The van der Waals surface area contributed by atoms with E-state index in [1.807, 2.05) is 61.5 Å². The average molecular weight is 407 g/mol. The van der Waals surface area contributed by atoms with Gasteiger partial charge in [-0.15, -0.1) is 0 Å². The van der Waals surface area contributed by atoms with Gasteiger partial charge < -0.3 is 10.1 Å². The summed E-state index contributed by atoms with van der Waals surface area (Å²) in [6, 6.07) is 17.6. The number of amides is 1. The van der Waals surface area contributed by atoms with Crippen LogP contribution in [0.1, 0.15) is 5.69 Å². The molecule has 0 aliphatic carbocycles. The number of thioether (sulfide) groups is 1. The number of aromatic nitrogens is 4. The van der Waals surface area contributed by atoms with Crippen molar-refractivity contribution in [3.05, 3.63) is 60.3 Å². The molecule has 0 unspecified atom stereocenters. The molecule has 0 fully saturated rings. The van der Waals surface area contributed by atoms with Crippen molar-refractivity contribution < 1.29 is 9.53 Å². The van der Waals surface area contributed by atoms with E-state index in [0.717, 1.165) is 33.3 Å². The normalized spacial score (nSPS) is 11.0. The highest BCUT2D eigenvalue weighted by atomic mass is 32.2. The van der Waals surface area contributed by atoms with Gasteiger partial charge in [-0.1, -0.05) is 23.9 Å². The van der Waals surface area contributed by atoms with Crippen LogP contribution < -0.4 is 10.1 Å². The van der Waals surface area contributed by atoms with Gasteiger partial charge in [0.1, 0.15) is 11.6 Å². The van der Waals surface area contributed by atoms with Gasteiger partial charge in [0.15, 0.2) is 5.16 Å². The second kappa shape index (κ2) is 8.00. The number of fused-ring (bicyclic) bond motifs is 1. The summed E-state index contributed by atoms with van der Waals surface area (Å²) in [5, 5.41) is 7.90. The predicted molar refractivity (Wildman–Crippen MR) is 115 cm³/mol. The van der Waals surface area contributed by atoms with Crippen molar-refractivity contribution in [2.45, 2.75) is 12.1 Å². The van der Waals surface area contributed by atoms with Gasteiger partial charge in [-0.2, -0.15) is 5.10 Å². The van der Waals surface area contributed by atoms with E-state index in [9.17, 15) is 4.79 Å². The second-order valence-corrected chi connectivity index (χ2v) is 7.49. The Morgan fingerprint density at radius 2 is 1.93 bits per heavy atom. The first-order valence-electron chi connectivity index (χ1n) is 9.10. The van der Waals surface area contributed by atoms with Crippen molar-refractivity contribution in [3.8, 4) is 11.4 Å². The van der Waals surface area contributed by atoms with Crippen LogP contribution in [0, 0.1) is 6.92 Å². The summed E-state index contributed by atoms with van der Waals surface area (Å²) in [7, 11) is 3.45. The number of methoxy groups -OCH3 is 1. The highest BCUT2D eigenvalue weighted by molar-refractivity contribution is 7.99. The molecule has 2 heterocycles. The van der Waals surface area contributed by atoms with Gasteiger partial charge in [0.2, 0.25) is 5.91 Å². The number of imidazole rings is 1. The summed E-state index contributed by atoms with van der Waals surface area (Å²) >= 11 is 1.40. The number of carbonyl (C=O) groups is 1. The lowest BCUT2D eigenvalue weighted by atomic mass is 10.2. The molecule has 2 aromatic carbocycles. The number of para-hydroxylation sites is 2. The molecule has 1 N–H and O–H groups in total. The maximum atomic E-state index is 12.5. The number of rotatable bonds is 6. The molecule has 0 aliphatic heterocycles. The minimum Gasteiger partial charge on any atom is -0.497 e. The maximum Gasteiger partial charge on any atom is 0.235 e. The van der Waals surface area contributed by atoms with E-state index >= 15 is 0 Å². The number of nitrogens with one attached hydrogen (secondary N) is 1. The van der Waals surface area contributed by atoms with Gasteiger partial charge in [0.25, 0.3) is 0 Å². The Hall–Kier alpha value is -3.26. The fraction of sp³-hybridized carbons (Fsp3) is 0.190. The van der Waals surface area contributed by atoms with Gasteiger partial charge in [-0.05, 0) is 43.3 Å². The highest BCUT2D eigenvalue weighted by Crippen LogP contribution is 2.29. The Balaban J connectivity index is 1.59. The molecule has 8 heteroatoms. The maximum absolute atomic E-state index is 12.5. The highest BCUT2D eigenvalue weighted by Gasteiger charge is 2.15. The van der Waals surface area contributed by atoms with E-state index in [1.165, 1.54) is 11.8 Å². The molecule has 4 rings (SSSR count). The lowest BCUT2D eigenvalue weighted by Gasteiger charge is -2.10. The van der Waals surface area contributed by atoms with Crippen LogP contribution in [-0.4, -0.2) is 38.1 Å². The quantitative estimate of drug-likeness (QED) is 0.492. The summed E-state index contributed by atoms with van der Waals surface area (Å²) in [6.45, 7) is 1.89. The van der Waals surface area contributed by atoms with Crippen molar-refractivity contribution in [2.75, 3.05) is 18.2 Å². The Labute approximate surface area is 172 Å². The number of aryl methyl sites for hydroxylation is 2. The van der Waals surface area contributed by atoms with E-state index < -0.39 is 0 Å². The van der Waals surface area contributed by atoms with Crippen LogP contribution in [0.5, 0.6) is 5.75 Å². The molecule has 0 atom stereocenters. The number of hydrogen-bond donors (Lipinski definition) is 1. The fourth-order valence-corrected chi connectivity index (χ4v) is 3.95. The minimum atomic E-state index is -0.105. The van der Waals surface area contributed by atoms with Crippen LogP contribution in [0.15, 0.2) is 59.8 Å². The first-order chi connectivity index (χ1) is 14.0. The fourth-order valence-electron chi connectivity index (χ4n) is 3.12. The van der Waals surface area contributed by atoms with E-state index in [0.29, 0.717) is 5.82 Å². The molecule has 0 saturated heterocycles. The van der Waals surface area contributed by atoms with E-state index in [-0.39, 0.29) is 11.7 Å². The average Bonchev–Trinajstić information content (AvgIpc) is 3.25. The lowest BCUT2D eigenvalue weighted by molar-refractivity contribution is -0.113. The van der Waals surface area contributed by atoms with Crippen molar-refractivity contribution in [1.82, 2.24) is 19.3 Å². The number of nitrogens with zero attached hydrogens (tertiary/aromatic N) is 4. The van der Waals surface area contributed by atoms with Crippen LogP contribution >= 0.6 is 11.8 Å². The van der Waals surface area contributed by atoms with E-state index in [1.54, 1.807) is 18.8 Å². The predicted octanol–water partition coefficient (Wildman–Crippen LogP) is 3.81. The lowest BCUT2D eigenvalue weighted by Crippen LogP contribution is -2.16. The van der Waals surface area contributed by atoms with E-state index in [2.05, 4.69) is 15.0 Å². The van der Waals surface area contributed by atoms with Crippen molar-refractivity contribution in [1.29, 1.82) is 0 Å². The first kappa shape index (κ1) is 19.1. The van der Waals surface area contributed by atoms with Crippen molar-refractivity contribution in [3.63, 3.8) is 0 Å². The first-order valence-corrected chi connectivity index (χ1v) is 10.1. The molecule has 0 bridgehead atoms. The van der Waals surface area contributed by atoms with Crippen molar-refractivity contribution in [2.24, 2.45) is 7.05 Å². The Morgan fingerprint density at radius 3 is 2.62 bits per heavy atom. The SMILES string of the molecule is COc1ccc(-n2c(SCC(=O)Nc3cc(C)nn3C)nc3ccccc32)cc1. The number of carbonyl (C=O) groups excluding carboxylic acids is 1. The largest absolute Gasteiger partial charge is 0.497 e. The van der Waals surface area contributed by atoms with Crippen LogP contribution in [0.3, 0.4) is 0 Å². The zero-order chi connectivity index (χ0) is 20.4. The molecule has 29 heavy (non-hydrogen) atoms. The van der Waals surface area contributed by atoms with Crippen LogP contribution in [-0.2, 0) is 11.8 Å². The molecule has 0 spiro atoms. The summed E-state index contributed by atoms with van der Waals surface area (Å²) < 4.78 is 8.97.